The normalized spacial score (nSPS) is 11.6. The second-order valence-corrected chi connectivity index (χ2v) is 7.33. The van der Waals surface area contributed by atoms with Gasteiger partial charge in [-0.3, -0.25) is 9.59 Å². The molecule has 149 valence electrons. The van der Waals surface area contributed by atoms with Crippen molar-refractivity contribution in [2.24, 2.45) is 0 Å². The fraction of sp³-hybridized carbons (Fsp3) is 0.905. The van der Waals surface area contributed by atoms with E-state index in [1.165, 1.54) is 90.4 Å². The molecule has 0 spiro atoms. The minimum absolute atomic E-state index is 0. The topological polar surface area (TPSA) is 66.4 Å². The number of unbranched alkanes of at least 4 members (excludes halogenated alkanes) is 14. The van der Waals surface area contributed by atoms with Gasteiger partial charge in [0.1, 0.15) is 6.04 Å². The third-order valence-corrected chi connectivity index (χ3v) is 4.76. The van der Waals surface area contributed by atoms with Gasteiger partial charge in [-0.15, -0.1) is 0 Å². The van der Waals surface area contributed by atoms with Crippen LogP contribution in [0.1, 0.15) is 117 Å². The number of carbonyl (C=O) groups is 2. The van der Waals surface area contributed by atoms with Gasteiger partial charge in [-0.1, -0.05) is 96.8 Å². The Balaban J connectivity index is 0. The van der Waals surface area contributed by atoms with Crippen LogP contribution in [0.2, 0.25) is 0 Å². The van der Waals surface area contributed by atoms with Gasteiger partial charge in [-0.25, -0.2) is 0 Å². The first-order valence-corrected chi connectivity index (χ1v) is 10.6. The van der Waals surface area contributed by atoms with Gasteiger partial charge in [0.25, 0.3) is 0 Å². The first-order chi connectivity index (χ1) is 12.1. The van der Waals surface area contributed by atoms with Crippen molar-refractivity contribution >= 4 is 41.4 Å². The van der Waals surface area contributed by atoms with E-state index in [0.29, 0.717) is 6.42 Å². The van der Waals surface area contributed by atoms with Crippen LogP contribution >= 0.6 is 0 Å². The molecule has 1 atom stereocenters. The van der Waals surface area contributed by atoms with Crippen molar-refractivity contribution in [3.05, 3.63) is 0 Å². The molecular formula is C21H41NNaO3. The Morgan fingerprint density at radius 3 is 1.42 bits per heavy atom. The number of carboxylic acid groups (broad SMARTS) is 1. The molecule has 0 aromatic rings. The maximum absolute atomic E-state index is 11.5. The average molecular weight is 379 g/mol. The average Bonchev–Trinajstić information content (AvgIpc) is 2.58. The molecule has 0 heterocycles. The SMILES string of the molecule is CCCCCCCCCCCCCCCCCC(=O)N[C@@H](C)C(=O)O.[Na]. The summed E-state index contributed by atoms with van der Waals surface area (Å²) in [5.41, 5.74) is 0. The first-order valence-electron chi connectivity index (χ1n) is 10.6. The van der Waals surface area contributed by atoms with Gasteiger partial charge in [0, 0.05) is 36.0 Å². The van der Waals surface area contributed by atoms with Gasteiger partial charge in [-0.05, 0) is 13.3 Å². The van der Waals surface area contributed by atoms with Crippen LogP contribution in [0.3, 0.4) is 0 Å². The molecule has 0 saturated carbocycles. The summed E-state index contributed by atoms with van der Waals surface area (Å²) in [4.78, 5) is 22.2. The summed E-state index contributed by atoms with van der Waals surface area (Å²) in [6.45, 7) is 3.76. The second kappa shape index (κ2) is 21.2. The molecule has 0 fully saturated rings. The molecule has 0 aromatic carbocycles. The van der Waals surface area contributed by atoms with Crippen molar-refractivity contribution in [2.75, 3.05) is 0 Å². The monoisotopic (exact) mass is 378 g/mol. The molecule has 1 radical (unpaired) electrons. The van der Waals surface area contributed by atoms with Gasteiger partial charge < -0.3 is 10.4 Å². The van der Waals surface area contributed by atoms with Crippen LogP contribution in [0, 0.1) is 0 Å². The number of aliphatic carboxylic acids is 1. The molecule has 0 aromatic heterocycles. The van der Waals surface area contributed by atoms with Gasteiger partial charge in [0.2, 0.25) is 5.91 Å². The molecule has 26 heavy (non-hydrogen) atoms. The Kier molecular flexibility index (Phi) is 23.0. The molecule has 0 saturated heterocycles. The zero-order chi connectivity index (χ0) is 18.8. The van der Waals surface area contributed by atoms with E-state index in [-0.39, 0.29) is 35.5 Å². The molecule has 0 unspecified atom stereocenters. The van der Waals surface area contributed by atoms with E-state index in [9.17, 15) is 9.59 Å². The summed E-state index contributed by atoms with van der Waals surface area (Å²) in [6, 6.07) is -0.788. The standard InChI is InChI=1S/C21H41NO3.Na/c1-3-4-5-6-7-8-9-10-11-12-13-14-15-16-17-18-20(23)22-19(2)21(24)25;/h19H,3-18H2,1-2H3,(H,22,23)(H,24,25);/t19-;/m0./s1. The van der Waals surface area contributed by atoms with Crippen molar-refractivity contribution in [1.29, 1.82) is 0 Å². The van der Waals surface area contributed by atoms with Crippen molar-refractivity contribution in [2.45, 2.75) is 123 Å². The van der Waals surface area contributed by atoms with Crippen molar-refractivity contribution in [3.8, 4) is 0 Å². The molecule has 0 aliphatic rings. The predicted molar refractivity (Wildman–Crippen MR) is 111 cm³/mol. The van der Waals surface area contributed by atoms with Crippen molar-refractivity contribution in [3.63, 3.8) is 0 Å². The molecule has 0 rings (SSSR count). The largest absolute Gasteiger partial charge is 0.480 e. The Hall–Kier alpha value is -0.0600. The minimum atomic E-state index is -0.982. The van der Waals surface area contributed by atoms with E-state index in [1.807, 2.05) is 0 Å². The number of hydrogen-bond donors (Lipinski definition) is 2. The first kappa shape index (κ1) is 28.2. The van der Waals surface area contributed by atoms with Crippen LogP contribution in [-0.4, -0.2) is 52.6 Å². The third kappa shape index (κ3) is 20.3. The molecule has 0 bridgehead atoms. The van der Waals surface area contributed by atoms with E-state index >= 15 is 0 Å². The molecule has 2 N–H and O–H groups in total. The van der Waals surface area contributed by atoms with Gasteiger partial charge in [0.05, 0.1) is 0 Å². The second-order valence-electron chi connectivity index (χ2n) is 7.33. The molecule has 0 aliphatic heterocycles. The van der Waals surface area contributed by atoms with Crippen molar-refractivity contribution in [1.82, 2.24) is 5.32 Å². The molecule has 0 aliphatic carbocycles. The molecule has 5 heteroatoms. The quantitative estimate of drug-likeness (QED) is 0.246. The van der Waals surface area contributed by atoms with Gasteiger partial charge in [0.15, 0.2) is 0 Å². The summed E-state index contributed by atoms with van der Waals surface area (Å²) in [5, 5.41) is 11.2. The Morgan fingerprint density at radius 2 is 1.08 bits per heavy atom. The Labute approximate surface area is 183 Å². The van der Waals surface area contributed by atoms with E-state index in [1.54, 1.807) is 0 Å². The summed E-state index contributed by atoms with van der Waals surface area (Å²) < 4.78 is 0. The predicted octanol–water partition coefficient (Wildman–Crippen LogP) is 5.46. The number of carbonyl (C=O) groups excluding carboxylic acids is 1. The number of hydrogen-bond acceptors (Lipinski definition) is 2. The van der Waals surface area contributed by atoms with E-state index in [2.05, 4.69) is 12.2 Å². The van der Waals surface area contributed by atoms with E-state index < -0.39 is 12.0 Å². The fourth-order valence-electron chi connectivity index (χ4n) is 3.03. The zero-order valence-electron chi connectivity index (χ0n) is 17.7. The van der Waals surface area contributed by atoms with E-state index in [4.69, 9.17) is 5.11 Å². The number of amides is 1. The zero-order valence-corrected chi connectivity index (χ0v) is 19.7. The van der Waals surface area contributed by atoms with Crippen LogP contribution in [0.15, 0.2) is 0 Å². The van der Waals surface area contributed by atoms with Crippen LogP contribution in [0.4, 0.5) is 0 Å². The smallest absolute Gasteiger partial charge is 0.325 e. The van der Waals surface area contributed by atoms with Gasteiger partial charge >= 0.3 is 5.97 Å². The van der Waals surface area contributed by atoms with Crippen LogP contribution in [0.25, 0.3) is 0 Å². The minimum Gasteiger partial charge on any atom is -0.480 e. The summed E-state index contributed by atoms with van der Waals surface area (Å²) in [7, 11) is 0. The number of carboxylic acids is 1. The summed E-state index contributed by atoms with van der Waals surface area (Å²) >= 11 is 0. The van der Waals surface area contributed by atoms with Gasteiger partial charge in [-0.2, -0.15) is 0 Å². The molecule has 1 amide bonds. The van der Waals surface area contributed by atoms with Crippen molar-refractivity contribution < 1.29 is 14.7 Å². The molecular weight excluding hydrogens is 337 g/mol. The van der Waals surface area contributed by atoms with Crippen LogP contribution < -0.4 is 5.32 Å². The fourth-order valence-corrected chi connectivity index (χ4v) is 3.03. The molecule has 4 nitrogen and oxygen atoms in total. The maximum Gasteiger partial charge on any atom is 0.325 e. The maximum atomic E-state index is 11.5. The third-order valence-electron chi connectivity index (χ3n) is 4.76. The number of nitrogens with one attached hydrogen (secondary N) is 1. The van der Waals surface area contributed by atoms with Crippen LogP contribution in [0.5, 0.6) is 0 Å². The van der Waals surface area contributed by atoms with Crippen LogP contribution in [-0.2, 0) is 9.59 Å². The summed E-state index contributed by atoms with van der Waals surface area (Å²) in [6.07, 6.45) is 20.0. The number of rotatable bonds is 18. The summed E-state index contributed by atoms with van der Waals surface area (Å²) in [5.74, 6) is -1.13. The Morgan fingerprint density at radius 1 is 0.731 bits per heavy atom. The van der Waals surface area contributed by atoms with E-state index in [0.717, 1.165) is 12.8 Å². The Bertz CT molecular complexity index is 337.